The minimum absolute atomic E-state index is 0.0417. The second kappa shape index (κ2) is 9.97. The molecule has 0 bridgehead atoms. The molecule has 0 saturated carbocycles. The molecule has 0 rings (SSSR count). The van der Waals surface area contributed by atoms with Gasteiger partial charge in [0.1, 0.15) is 0 Å². The van der Waals surface area contributed by atoms with Gasteiger partial charge in [-0.1, -0.05) is 27.2 Å². The van der Waals surface area contributed by atoms with E-state index in [9.17, 15) is 8.78 Å². The van der Waals surface area contributed by atoms with E-state index in [-0.39, 0.29) is 6.42 Å². The summed E-state index contributed by atoms with van der Waals surface area (Å²) in [6.07, 6.45) is -1.48. The summed E-state index contributed by atoms with van der Waals surface area (Å²) >= 11 is 0. The molecule has 0 aliphatic rings. The second-order valence-electron chi connectivity index (χ2n) is 1.18. The van der Waals surface area contributed by atoms with Crippen molar-refractivity contribution in [3.05, 3.63) is 0 Å². The topological polar surface area (TPSA) is 0 Å². The molecule has 2 heteroatoms. The molecular formula is C6H14F2. The number of hydrogen-bond acceptors (Lipinski definition) is 0. The van der Waals surface area contributed by atoms with Gasteiger partial charge >= 0.3 is 0 Å². The first-order valence-corrected chi connectivity index (χ1v) is 3.05. The lowest BCUT2D eigenvalue weighted by Crippen LogP contribution is -1.85. The maximum Gasteiger partial charge on any atom is 0.238 e. The summed E-state index contributed by atoms with van der Waals surface area (Å²) in [6, 6.07) is 0. The Bertz CT molecular complexity index is 27.7. The predicted molar refractivity (Wildman–Crippen MR) is 32.3 cm³/mol. The summed E-state index contributed by atoms with van der Waals surface area (Å²) in [4.78, 5) is 0. The molecule has 0 spiro atoms. The van der Waals surface area contributed by atoms with Crippen LogP contribution in [0.2, 0.25) is 0 Å². The molecule has 0 N–H and O–H groups in total. The van der Waals surface area contributed by atoms with Gasteiger partial charge in [0.25, 0.3) is 0 Å². The molecule has 0 radical (unpaired) electrons. The Labute approximate surface area is 49.9 Å². The van der Waals surface area contributed by atoms with Crippen molar-refractivity contribution in [2.45, 2.75) is 40.0 Å². The van der Waals surface area contributed by atoms with Gasteiger partial charge in [-0.3, -0.25) is 0 Å². The average Bonchev–Trinajstić information content (AvgIpc) is 1.72. The van der Waals surface area contributed by atoms with Gasteiger partial charge in [-0.2, -0.15) is 0 Å². The zero-order valence-corrected chi connectivity index (χ0v) is 5.75. The predicted octanol–water partition coefficient (Wildman–Crippen LogP) is 3.08. The highest BCUT2D eigenvalue weighted by molar-refractivity contribution is 4.32. The van der Waals surface area contributed by atoms with E-state index in [1.165, 1.54) is 0 Å². The van der Waals surface area contributed by atoms with Crippen LogP contribution in [0.1, 0.15) is 33.6 Å². The Morgan fingerprint density at radius 2 is 1.62 bits per heavy atom. The third-order valence-corrected chi connectivity index (χ3v) is 0.507. The molecule has 0 fully saturated rings. The molecule has 0 atom stereocenters. The SMILES string of the molecule is CC.CCCC(F)F. The van der Waals surface area contributed by atoms with Gasteiger partial charge in [0.15, 0.2) is 0 Å². The lowest BCUT2D eigenvalue weighted by atomic mass is 10.4. The minimum atomic E-state index is -2.10. The molecule has 0 aliphatic heterocycles. The second-order valence-corrected chi connectivity index (χ2v) is 1.18. The van der Waals surface area contributed by atoms with Crippen LogP contribution in [0.5, 0.6) is 0 Å². The Morgan fingerprint density at radius 1 is 1.25 bits per heavy atom. The molecule has 0 aliphatic carbocycles. The van der Waals surface area contributed by atoms with E-state index in [2.05, 4.69) is 0 Å². The van der Waals surface area contributed by atoms with Crippen LogP contribution in [-0.4, -0.2) is 6.43 Å². The standard InChI is InChI=1S/C4H8F2.C2H6/c1-2-3-4(5)6;1-2/h4H,2-3H2,1H3;1-2H3. The summed E-state index contributed by atoms with van der Waals surface area (Å²) in [6.45, 7) is 5.74. The van der Waals surface area contributed by atoms with Crippen molar-refractivity contribution in [2.24, 2.45) is 0 Å². The molecule has 52 valence electrons. The van der Waals surface area contributed by atoms with Crippen molar-refractivity contribution < 1.29 is 8.78 Å². The fourth-order valence-electron chi connectivity index (χ4n) is 0.218. The van der Waals surface area contributed by atoms with E-state index < -0.39 is 6.43 Å². The van der Waals surface area contributed by atoms with E-state index in [1.807, 2.05) is 13.8 Å². The summed E-state index contributed by atoms with van der Waals surface area (Å²) in [5, 5.41) is 0. The van der Waals surface area contributed by atoms with Crippen molar-refractivity contribution in [3.8, 4) is 0 Å². The smallest absolute Gasteiger partial charge is 0.211 e. The molecule has 0 nitrogen and oxygen atoms in total. The first-order valence-electron chi connectivity index (χ1n) is 3.05. The number of halogens is 2. The molecule has 0 aromatic heterocycles. The fourth-order valence-corrected chi connectivity index (χ4v) is 0.218. The van der Waals surface area contributed by atoms with Crippen LogP contribution < -0.4 is 0 Å². The van der Waals surface area contributed by atoms with E-state index in [1.54, 1.807) is 6.92 Å². The quantitative estimate of drug-likeness (QED) is 0.530. The Kier molecular flexibility index (Phi) is 13.4. The number of alkyl halides is 2. The minimum Gasteiger partial charge on any atom is -0.211 e. The monoisotopic (exact) mass is 124 g/mol. The molecule has 0 heterocycles. The third kappa shape index (κ3) is 16.9. The van der Waals surface area contributed by atoms with Crippen LogP contribution >= 0.6 is 0 Å². The van der Waals surface area contributed by atoms with E-state index >= 15 is 0 Å². The van der Waals surface area contributed by atoms with Crippen molar-refractivity contribution in [3.63, 3.8) is 0 Å². The fraction of sp³-hybridized carbons (Fsp3) is 1.00. The molecule has 0 saturated heterocycles. The van der Waals surface area contributed by atoms with Gasteiger partial charge in [-0.05, 0) is 0 Å². The highest BCUT2D eigenvalue weighted by Crippen LogP contribution is 1.99. The van der Waals surface area contributed by atoms with E-state index in [0.29, 0.717) is 6.42 Å². The highest BCUT2D eigenvalue weighted by Gasteiger charge is 1.95. The summed E-state index contributed by atoms with van der Waals surface area (Å²) < 4.78 is 22.1. The van der Waals surface area contributed by atoms with E-state index in [4.69, 9.17) is 0 Å². The average molecular weight is 124 g/mol. The molecule has 0 amide bonds. The normalized spacial score (nSPS) is 8.25. The number of rotatable bonds is 2. The highest BCUT2D eigenvalue weighted by atomic mass is 19.3. The van der Waals surface area contributed by atoms with Crippen molar-refractivity contribution >= 4 is 0 Å². The first kappa shape index (κ1) is 10.8. The molecule has 0 unspecified atom stereocenters. The van der Waals surface area contributed by atoms with E-state index in [0.717, 1.165) is 0 Å². The van der Waals surface area contributed by atoms with Gasteiger partial charge in [-0.25, -0.2) is 8.78 Å². The molecule has 0 aromatic rings. The van der Waals surface area contributed by atoms with Crippen LogP contribution in [0.15, 0.2) is 0 Å². The lowest BCUT2D eigenvalue weighted by Gasteiger charge is -1.87. The van der Waals surface area contributed by atoms with Crippen LogP contribution in [0.4, 0.5) is 8.78 Å². The summed E-state index contributed by atoms with van der Waals surface area (Å²) in [7, 11) is 0. The van der Waals surface area contributed by atoms with Crippen molar-refractivity contribution in [1.82, 2.24) is 0 Å². The number of hydrogen-bond donors (Lipinski definition) is 0. The molecular weight excluding hydrogens is 110 g/mol. The van der Waals surface area contributed by atoms with Gasteiger partial charge < -0.3 is 0 Å². The Morgan fingerprint density at radius 3 is 1.62 bits per heavy atom. The summed E-state index contributed by atoms with van der Waals surface area (Å²) in [5.74, 6) is 0. The largest absolute Gasteiger partial charge is 0.238 e. The van der Waals surface area contributed by atoms with Crippen LogP contribution in [0.25, 0.3) is 0 Å². The van der Waals surface area contributed by atoms with Gasteiger partial charge in [0, 0.05) is 6.42 Å². The molecule has 0 aromatic carbocycles. The zero-order valence-electron chi connectivity index (χ0n) is 5.75. The van der Waals surface area contributed by atoms with Crippen LogP contribution in [-0.2, 0) is 0 Å². The third-order valence-electron chi connectivity index (χ3n) is 0.507. The van der Waals surface area contributed by atoms with Crippen molar-refractivity contribution in [1.29, 1.82) is 0 Å². The Balaban J connectivity index is 0. The van der Waals surface area contributed by atoms with Gasteiger partial charge in [-0.15, -0.1) is 0 Å². The zero-order chi connectivity index (χ0) is 6.99. The first-order chi connectivity index (χ1) is 3.77. The summed E-state index contributed by atoms with van der Waals surface area (Å²) in [5.41, 5.74) is 0. The van der Waals surface area contributed by atoms with Crippen LogP contribution in [0.3, 0.4) is 0 Å². The maximum absolute atomic E-state index is 11.0. The van der Waals surface area contributed by atoms with Gasteiger partial charge in [0.05, 0.1) is 0 Å². The van der Waals surface area contributed by atoms with Crippen molar-refractivity contribution in [2.75, 3.05) is 0 Å². The lowest BCUT2D eigenvalue weighted by molar-refractivity contribution is 0.137. The maximum atomic E-state index is 11.0. The Hall–Kier alpha value is -0.140. The molecule has 8 heavy (non-hydrogen) atoms. The van der Waals surface area contributed by atoms with Crippen LogP contribution in [0, 0.1) is 0 Å². The van der Waals surface area contributed by atoms with Gasteiger partial charge in [0.2, 0.25) is 6.43 Å².